The Morgan fingerprint density at radius 2 is 2.17 bits per heavy atom. The number of carbonyl (C=O) groups is 1. The smallest absolute Gasteiger partial charge is 0.224 e. The van der Waals surface area contributed by atoms with Crippen LogP contribution in [0.2, 0.25) is 0 Å². The number of likely N-dealkylation sites (tertiary alicyclic amines) is 1. The van der Waals surface area contributed by atoms with Crippen LogP contribution in [-0.4, -0.2) is 49.9 Å². The van der Waals surface area contributed by atoms with Crippen molar-refractivity contribution >= 4 is 15.7 Å². The average molecular weight is 354 g/mol. The number of hydrogen-bond acceptors (Lipinski definition) is 4. The van der Waals surface area contributed by atoms with Gasteiger partial charge >= 0.3 is 0 Å². The van der Waals surface area contributed by atoms with E-state index in [1.807, 2.05) is 6.07 Å². The molecule has 2 aliphatic heterocycles. The van der Waals surface area contributed by atoms with E-state index in [0.717, 1.165) is 24.9 Å². The van der Waals surface area contributed by atoms with Crippen LogP contribution in [-0.2, 0) is 21.2 Å². The molecule has 5 nitrogen and oxygen atoms in total. The average Bonchev–Trinajstić information content (AvgIpc) is 2.86. The van der Waals surface area contributed by atoms with Gasteiger partial charge < -0.3 is 5.32 Å². The van der Waals surface area contributed by atoms with E-state index < -0.39 is 9.84 Å². The van der Waals surface area contributed by atoms with Crippen LogP contribution in [0.4, 0.5) is 4.39 Å². The Kier molecular flexibility index (Phi) is 5.20. The third-order valence-electron chi connectivity index (χ3n) is 4.75. The second-order valence-corrected chi connectivity index (χ2v) is 9.04. The molecule has 0 radical (unpaired) electrons. The normalized spacial score (nSPS) is 27.0. The van der Waals surface area contributed by atoms with Crippen molar-refractivity contribution in [1.29, 1.82) is 0 Å². The fourth-order valence-electron chi connectivity index (χ4n) is 3.53. The SMILES string of the molecule is O=C(N[C@@H]1CCS(=O)(=O)C1)[C@@H]1CCCN(Cc2cccc(F)c2)C1. The van der Waals surface area contributed by atoms with Gasteiger partial charge in [-0.3, -0.25) is 9.69 Å². The van der Waals surface area contributed by atoms with E-state index in [2.05, 4.69) is 10.2 Å². The maximum absolute atomic E-state index is 13.3. The molecule has 132 valence electrons. The zero-order chi connectivity index (χ0) is 17.2. The minimum Gasteiger partial charge on any atom is -0.352 e. The van der Waals surface area contributed by atoms with E-state index in [4.69, 9.17) is 0 Å². The molecule has 1 N–H and O–H groups in total. The molecule has 2 heterocycles. The minimum atomic E-state index is -2.99. The number of nitrogens with zero attached hydrogens (tertiary/aromatic N) is 1. The van der Waals surface area contributed by atoms with Gasteiger partial charge in [-0.1, -0.05) is 12.1 Å². The first-order chi connectivity index (χ1) is 11.4. The molecule has 1 amide bonds. The molecule has 2 fully saturated rings. The maximum atomic E-state index is 13.3. The van der Waals surface area contributed by atoms with Crippen LogP contribution in [0.1, 0.15) is 24.8 Å². The largest absolute Gasteiger partial charge is 0.352 e. The van der Waals surface area contributed by atoms with Crippen molar-refractivity contribution in [2.24, 2.45) is 5.92 Å². The van der Waals surface area contributed by atoms with Crippen molar-refractivity contribution in [3.8, 4) is 0 Å². The highest BCUT2D eigenvalue weighted by Gasteiger charge is 2.32. The zero-order valence-electron chi connectivity index (χ0n) is 13.6. The first-order valence-electron chi connectivity index (χ1n) is 8.39. The van der Waals surface area contributed by atoms with Crippen LogP contribution in [0.3, 0.4) is 0 Å². The van der Waals surface area contributed by atoms with Gasteiger partial charge in [0.05, 0.1) is 17.4 Å². The summed E-state index contributed by atoms with van der Waals surface area (Å²) in [5.41, 5.74) is 0.901. The lowest BCUT2D eigenvalue weighted by molar-refractivity contribution is -0.127. The number of amides is 1. The van der Waals surface area contributed by atoms with E-state index in [0.29, 0.717) is 19.5 Å². The van der Waals surface area contributed by atoms with Crippen LogP contribution in [0, 0.1) is 11.7 Å². The molecule has 0 spiro atoms. The van der Waals surface area contributed by atoms with E-state index in [1.54, 1.807) is 6.07 Å². The molecular weight excluding hydrogens is 331 g/mol. The lowest BCUT2D eigenvalue weighted by atomic mass is 9.96. The fourth-order valence-corrected chi connectivity index (χ4v) is 5.21. The second kappa shape index (κ2) is 7.19. The molecule has 7 heteroatoms. The van der Waals surface area contributed by atoms with Crippen molar-refractivity contribution in [3.63, 3.8) is 0 Å². The molecule has 0 bridgehead atoms. The first-order valence-corrected chi connectivity index (χ1v) is 10.2. The molecule has 1 aromatic rings. The van der Waals surface area contributed by atoms with E-state index in [9.17, 15) is 17.6 Å². The number of sulfone groups is 1. The number of carbonyl (C=O) groups excluding carboxylic acids is 1. The highest BCUT2D eigenvalue weighted by Crippen LogP contribution is 2.20. The highest BCUT2D eigenvalue weighted by atomic mass is 32.2. The number of nitrogens with one attached hydrogen (secondary N) is 1. The quantitative estimate of drug-likeness (QED) is 0.886. The topological polar surface area (TPSA) is 66.5 Å². The molecule has 3 rings (SSSR count). The molecule has 0 aromatic heterocycles. The van der Waals surface area contributed by atoms with Crippen molar-refractivity contribution in [2.75, 3.05) is 24.6 Å². The van der Waals surface area contributed by atoms with E-state index >= 15 is 0 Å². The second-order valence-electron chi connectivity index (χ2n) is 6.81. The molecule has 0 aliphatic carbocycles. The third-order valence-corrected chi connectivity index (χ3v) is 6.52. The lowest BCUT2D eigenvalue weighted by Crippen LogP contribution is -2.46. The Hall–Kier alpha value is -1.47. The Balaban J connectivity index is 1.54. The van der Waals surface area contributed by atoms with Crippen molar-refractivity contribution in [2.45, 2.75) is 31.8 Å². The van der Waals surface area contributed by atoms with Gasteiger partial charge in [0.15, 0.2) is 9.84 Å². The van der Waals surface area contributed by atoms with Crippen LogP contribution in [0.5, 0.6) is 0 Å². The van der Waals surface area contributed by atoms with Crippen LogP contribution in [0.15, 0.2) is 24.3 Å². The number of rotatable bonds is 4. The van der Waals surface area contributed by atoms with Gasteiger partial charge in [-0.05, 0) is 43.5 Å². The predicted octanol–water partition coefficient (Wildman–Crippen LogP) is 1.34. The van der Waals surface area contributed by atoms with Gasteiger partial charge in [-0.15, -0.1) is 0 Å². The van der Waals surface area contributed by atoms with Gasteiger partial charge in [0.25, 0.3) is 0 Å². The molecule has 2 saturated heterocycles. The highest BCUT2D eigenvalue weighted by molar-refractivity contribution is 7.91. The summed E-state index contributed by atoms with van der Waals surface area (Å²) in [5.74, 6) is -0.217. The first kappa shape index (κ1) is 17.4. The van der Waals surface area contributed by atoms with E-state index in [-0.39, 0.29) is 35.2 Å². The lowest BCUT2D eigenvalue weighted by Gasteiger charge is -2.32. The predicted molar refractivity (Wildman–Crippen MR) is 89.6 cm³/mol. The van der Waals surface area contributed by atoms with Crippen molar-refractivity contribution < 1.29 is 17.6 Å². The summed E-state index contributed by atoms with van der Waals surface area (Å²) in [7, 11) is -2.99. The van der Waals surface area contributed by atoms with Crippen LogP contribution >= 0.6 is 0 Å². The number of hydrogen-bond donors (Lipinski definition) is 1. The Bertz CT molecular complexity index is 708. The summed E-state index contributed by atoms with van der Waals surface area (Å²) >= 11 is 0. The zero-order valence-corrected chi connectivity index (χ0v) is 14.4. The molecule has 0 unspecified atom stereocenters. The van der Waals surface area contributed by atoms with Gasteiger partial charge in [0.2, 0.25) is 5.91 Å². The summed E-state index contributed by atoms with van der Waals surface area (Å²) in [6.07, 6.45) is 2.23. The molecule has 2 aliphatic rings. The van der Waals surface area contributed by atoms with Crippen molar-refractivity contribution in [1.82, 2.24) is 10.2 Å². The number of piperidine rings is 1. The molecular formula is C17H23FN2O3S. The number of halogens is 1. The van der Waals surface area contributed by atoms with Gasteiger partial charge in [-0.2, -0.15) is 0 Å². The van der Waals surface area contributed by atoms with Gasteiger partial charge in [-0.25, -0.2) is 12.8 Å². The maximum Gasteiger partial charge on any atom is 0.224 e. The standard InChI is InChI=1S/C17H23FN2O3S/c18-15-5-1-3-13(9-15)10-20-7-2-4-14(11-20)17(21)19-16-6-8-24(22,23)12-16/h1,3,5,9,14,16H,2,4,6-8,10-12H2,(H,19,21)/t14-,16-/m1/s1. The van der Waals surface area contributed by atoms with Crippen molar-refractivity contribution in [3.05, 3.63) is 35.6 Å². The summed E-state index contributed by atoms with van der Waals surface area (Å²) in [6, 6.07) is 6.27. The molecule has 1 aromatic carbocycles. The number of benzene rings is 1. The summed E-state index contributed by atoms with van der Waals surface area (Å²) < 4.78 is 36.3. The molecule has 2 atom stereocenters. The van der Waals surface area contributed by atoms with Gasteiger partial charge in [0.1, 0.15) is 5.82 Å². The minimum absolute atomic E-state index is 0.0540. The van der Waals surface area contributed by atoms with Gasteiger partial charge in [0, 0.05) is 19.1 Å². The fraction of sp³-hybridized carbons (Fsp3) is 0.588. The Morgan fingerprint density at radius 3 is 2.88 bits per heavy atom. The Morgan fingerprint density at radius 1 is 1.33 bits per heavy atom. The summed E-state index contributed by atoms with van der Waals surface area (Å²) in [4.78, 5) is 14.6. The third kappa shape index (κ3) is 4.54. The summed E-state index contributed by atoms with van der Waals surface area (Å²) in [5, 5.41) is 2.89. The summed E-state index contributed by atoms with van der Waals surface area (Å²) in [6.45, 7) is 2.14. The van der Waals surface area contributed by atoms with Crippen LogP contribution in [0.25, 0.3) is 0 Å². The van der Waals surface area contributed by atoms with E-state index in [1.165, 1.54) is 12.1 Å². The molecule has 0 saturated carbocycles. The monoisotopic (exact) mass is 354 g/mol. The molecule has 24 heavy (non-hydrogen) atoms. The van der Waals surface area contributed by atoms with Crippen LogP contribution < -0.4 is 5.32 Å². The Labute approximate surface area is 142 Å².